The van der Waals surface area contributed by atoms with Crippen molar-refractivity contribution in [2.24, 2.45) is 0 Å². The van der Waals surface area contributed by atoms with Crippen LogP contribution < -0.4 is 4.85 Å². The molecule has 54 valence electrons. The van der Waals surface area contributed by atoms with Gasteiger partial charge in [0.15, 0.2) is 0 Å². The lowest BCUT2D eigenvalue weighted by molar-refractivity contribution is -0.666. The number of fused-ring (bicyclic) bond motifs is 1. The molecule has 0 spiro atoms. The minimum atomic E-state index is 0.558. The lowest BCUT2D eigenvalue weighted by Gasteiger charge is -1.93. The number of benzene rings is 1. The Morgan fingerprint density at radius 1 is 1.18 bits per heavy atom. The minimum Gasteiger partial charge on any atom is -0.594 e. The highest BCUT2D eigenvalue weighted by atomic mass is 16.5. The fourth-order valence-corrected chi connectivity index (χ4v) is 1.00. The van der Waals surface area contributed by atoms with E-state index in [1.165, 1.54) is 6.20 Å². The van der Waals surface area contributed by atoms with Crippen LogP contribution in [0.15, 0.2) is 36.5 Å². The van der Waals surface area contributed by atoms with Crippen LogP contribution >= 0.6 is 0 Å². The molecule has 0 fully saturated rings. The molecule has 0 amide bonds. The summed E-state index contributed by atoms with van der Waals surface area (Å²) in [5.41, 5.74) is 0.727. The molecule has 0 bridgehead atoms. The molecule has 0 saturated carbocycles. The molecule has 2 rings (SSSR count). The van der Waals surface area contributed by atoms with Gasteiger partial charge in [-0.1, -0.05) is 23.0 Å². The Morgan fingerprint density at radius 3 is 2.91 bits per heavy atom. The first-order valence-electron chi connectivity index (χ1n) is 3.31. The van der Waals surface area contributed by atoms with Crippen LogP contribution in [-0.2, 0) is 0 Å². The van der Waals surface area contributed by atoms with E-state index < -0.39 is 0 Å². The summed E-state index contributed by atoms with van der Waals surface area (Å²) in [4.78, 5) is 0.558. The zero-order chi connectivity index (χ0) is 7.68. The molecule has 1 aromatic heterocycles. The van der Waals surface area contributed by atoms with Gasteiger partial charge in [-0.3, -0.25) is 0 Å². The van der Waals surface area contributed by atoms with Gasteiger partial charge in [-0.05, 0) is 6.07 Å². The van der Waals surface area contributed by atoms with Gasteiger partial charge in [-0.25, -0.2) is 0 Å². The van der Waals surface area contributed by atoms with Gasteiger partial charge in [0.1, 0.15) is 5.52 Å². The van der Waals surface area contributed by atoms with E-state index in [1.807, 2.05) is 24.3 Å². The van der Waals surface area contributed by atoms with Crippen molar-refractivity contribution in [3.63, 3.8) is 0 Å². The summed E-state index contributed by atoms with van der Waals surface area (Å²) in [7, 11) is 0. The van der Waals surface area contributed by atoms with Gasteiger partial charge >= 0.3 is 0 Å². The van der Waals surface area contributed by atoms with Crippen molar-refractivity contribution < 1.29 is 4.85 Å². The van der Waals surface area contributed by atoms with Gasteiger partial charge < -0.3 is 5.21 Å². The van der Waals surface area contributed by atoms with Crippen LogP contribution in [0.3, 0.4) is 0 Å². The smallest absolute Gasteiger partial charge is 0.210 e. The van der Waals surface area contributed by atoms with Gasteiger partial charge in [-0.2, -0.15) is 0 Å². The van der Waals surface area contributed by atoms with Crippen molar-refractivity contribution in [3.05, 3.63) is 41.7 Å². The highest BCUT2D eigenvalue weighted by Crippen LogP contribution is 2.06. The average Bonchev–Trinajstić information content (AvgIpc) is 2.04. The van der Waals surface area contributed by atoms with Crippen molar-refractivity contribution in [3.8, 4) is 0 Å². The van der Waals surface area contributed by atoms with Gasteiger partial charge in [0.2, 0.25) is 6.20 Å². The SMILES string of the molecule is [O-][n+]1ccc2ccccc2n1. The molecule has 1 aromatic carbocycles. The van der Waals surface area contributed by atoms with Crippen molar-refractivity contribution >= 4 is 10.9 Å². The Balaban J connectivity index is 2.83. The number of hydrogen-bond acceptors (Lipinski definition) is 2. The third-order valence-corrected chi connectivity index (χ3v) is 1.52. The van der Waals surface area contributed by atoms with Crippen LogP contribution in [0.4, 0.5) is 0 Å². The van der Waals surface area contributed by atoms with Crippen LogP contribution in [0, 0.1) is 5.21 Å². The molecule has 3 heteroatoms. The summed E-state index contributed by atoms with van der Waals surface area (Å²) in [5, 5.41) is 15.4. The van der Waals surface area contributed by atoms with E-state index in [4.69, 9.17) is 0 Å². The Bertz CT molecular complexity index is 387. The molecule has 2 aromatic rings. The van der Waals surface area contributed by atoms with E-state index in [0.29, 0.717) is 4.85 Å². The molecule has 0 N–H and O–H groups in total. The van der Waals surface area contributed by atoms with Gasteiger partial charge in [0.05, 0.1) is 0 Å². The maximum atomic E-state index is 10.7. The minimum absolute atomic E-state index is 0.558. The van der Waals surface area contributed by atoms with Crippen molar-refractivity contribution in [1.82, 2.24) is 5.10 Å². The molecule has 0 atom stereocenters. The van der Waals surface area contributed by atoms with E-state index >= 15 is 0 Å². The number of nitrogens with zero attached hydrogens (tertiary/aromatic N) is 2. The molecule has 3 nitrogen and oxygen atoms in total. The van der Waals surface area contributed by atoms with Crippen molar-refractivity contribution in [2.45, 2.75) is 0 Å². The molecular weight excluding hydrogens is 140 g/mol. The Kier molecular flexibility index (Phi) is 1.22. The number of rotatable bonds is 0. The van der Waals surface area contributed by atoms with Crippen molar-refractivity contribution in [2.75, 3.05) is 0 Å². The van der Waals surface area contributed by atoms with E-state index in [2.05, 4.69) is 5.10 Å². The zero-order valence-corrected chi connectivity index (χ0v) is 5.77. The topological polar surface area (TPSA) is 39.8 Å². The fourth-order valence-electron chi connectivity index (χ4n) is 1.00. The molecule has 1 heterocycles. The number of aromatic nitrogens is 2. The second-order valence-corrected chi connectivity index (χ2v) is 2.28. The third kappa shape index (κ3) is 1.00. The lowest BCUT2D eigenvalue weighted by atomic mass is 10.2. The van der Waals surface area contributed by atoms with Crippen LogP contribution in [0.25, 0.3) is 10.9 Å². The van der Waals surface area contributed by atoms with E-state index in [1.54, 1.807) is 6.07 Å². The Hall–Kier alpha value is -1.64. The largest absolute Gasteiger partial charge is 0.594 e. The summed E-state index contributed by atoms with van der Waals surface area (Å²) in [6, 6.07) is 9.25. The lowest BCUT2D eigenvalue weighted by Crippen LogP contribution is -2.29. The first-order chi connectivity index (χ1) is 5.36. The summed E-state index contributed by atoms with van der Waals surface area (Å²) in [6.07, 6.45) is 1.39. The van der Waals surface area contributed by atoms with Crippen LogP contribution in [-0.4, -0.2) is 5.10 Å². The monoisotopic (exact) mass is 146 g/mol. The first-order valence-corrected chi connectivity index (χ1v) is 3.31. The highest BCUT2D eigenvalue weighted by molar-refractivity contribution is 5.76. The predicted octanol–water partition coefficient (Wildman–Crippen LogP) is 0.868. The fraction of sp³-hybridized carbons (Fsp3) is 0. The summed E-state index contributed by atoms with van der Waals surface area (Å²) in [6.45, 7) is 0. The molecule has 11 heavy (non-hydrogen) atoms. The maximum Gasteiger partial charge on any atom is 0.210 e. The Labute approximate surface area is 63.5 Å². The van der Waals surface area contributed by atoms with E-state index in [-0.39, 0.29) is 0 Å². The standard InChI is InChI=1S/C8H6N2O/c11-10-6-5-7-3-1-2-4-8(7)9-10/h1-6H. The third-order valence-electron chi connectivity index (χ3n) is 1.52. The van der Waals surface area contributed by atoms with Crippen molar-refractivity contribution in [1.29, 1.82) is 0 Å². The highest BCUT2D eigenvalue weighted by Gasteiger charge is 1.95. The van der Waals surface area contributed by atoms with E-state index in [0.717, 1.165) is 10.9 Å². The van der Waals surface area contributed by atoms with Crippen LogP contribution in [0.5, 0.6) is 0 Å². The molecule has 0 unspecified atom stereocenters. The normalized spacial score (nSPS) is 10.2. The van der Waals surface area contributed by atoms with Gasteiger partial charge in [-0.15, -0.1) is 0 Å². The number of hydrogen-bond donors (Lipinski definition) is 0. The summed E-state index contributed by atoms with van der Waals surface area (Å²) in [5.74, 6) is 0. The summed E-state index contributed by atoms with van der Waals surface area (Å²) < 4.78 is 0. The van der Waals surface area contributed by atoms with Gasteiger partial charge in [0.25, 0.3) is 0 Å². The van der Waals surface area contributed by atoms with Gasteiger partial charge in [0, 0.05) is 16.6 Å². The molecule has 0 aliphatic rings. The molecule has 0 saturated heterocycles. The molecule has 0 aliphatic carbocycles. The average molecular weight is 146 g/mol. The summed E-state index contributed by atoms with van der Waals surface area (Å²) >= 11 is 0. The van der Waals surface area contributed by atoms with E-state index in [9.17, 15) is 5.21 Å². The molecular formula is C8H6N2O. The second kappa shape index (κ2) is 2.20. The second-order valence-electron chi connectivity index (χ2n) is 2.28. The quantitative estimate of drug-likeness (QED) is 0.408. The maximum absolute atomic E-state index is 10.7. The molecule has 0 radical (unpaired) electrons. The first kappa shape index (κ1) is 6.09. The van der Waals surface area contributed by atoms with Crippen LogP contribution in [0.1, 0.15) is 0 Å². The predicted molar refractivity (Wildman–Crippen MR) is 40.7 cm³/mol. The zero-order valence-electron chi connectivity index (χ0n) is 5.77. The molecule has 0 aliphatic heterocycles. The van der Waals surface area contributed by atoms with Crippen LogP contribution in [0.2, 0.25) is 0 Å². The Morgan fingerprint density at radius 2 is 2.00 bits per heavy atom.